The summed E-state index contributed by atoms with van der Waals surface area (Å²) in [6, 6.07) is 24.0. The van der Waals surface area contributed by atoms with Gasteiger partial charge in [-0.3, -0.25) is 24.7 Å². The zero-order valence-corrected chi connectivity index (χ0v) is 53.9. The molecule has 6 fully saturated rings. The zero-order chi connectivity index (χ0) is 63.6. The maximum absolute atomic E-state index is 14.9. The number of rotatable bonds is 17. The Kier molecular flexibility index (Phi) is 17.2. The third-order valence-electron chi connectivity index (χ3n) is 20.6. The number of H-pyrrole nitrogens is 1. The lowest BCUT2D eigenvalue weighted by molar-refractivity contribution is -0.384. The highest BCUT2D eigenvalue weighted by atomic mass is 32.2. The number of benzene rings is 3. The van der Waals surface area contributed by atoms with Crippen LogP contribution in [0.4, 0.5) is 34.3 Å². The maximum atomic E-state index is 14.9. The molecule has 4 saturated heterocycles. The number of aliphatic hydroxyl groups is 2. The van der Waals surface area contributed by atoms with E-state index in [1.165, 1.54) is 17.7 Å². The first kappa shape index (κ1) is 62.5. The highest BCUT2D eigenvalue weighted by Gasteiger charge is 2.51. The second-order valence-electron chi connectivity index (χ2n) is 27.7. The van der Waals surface area contributed by atoms with Crippen molar-refractivity contribution in [2.24, 2.45) is 11.3 Å². The first-order valence-corrected chi connectivity index (χ1v) is 34.1. The van der Waals surface area contributed by atoms with Crippen LogP contribution < -0.4 is 38.9 Å². The zero-order valence-electron chi connectivity index (χ0n) is 53.1. The number of hydrogen-bond donors (Lipinski definition) is 5. The third-order valence-corrected chi connectivity index (χ3v) is 22.0. The number of ether oxygens (including phenoxy) is 4. The number of carbonyl (C=O) groups excluding carboxylic acids is 1. The number of piperazine rings is 1. The van der Waals surface area contributed by atoms with Crippen LogP contribution in [0, 0.1) is 21.4 Å². The van der Waals surface area contributed by atoms with Gasteiger partial charge < -0.3 is 54.2 Å². The molecule has 6 aromatic rings. The van der Waals surface area contributed by atoms with Crippen LogP contribution in [0.5, 0.6) is 17.4 Å². The number of methoxy groups -OCH3 is 1. The van der Waals surface area contributed by atoms with Gasteiger partial charge in [-0.1, -0.05) is 18.2 Å². The van der Waals surface area contributed by atoms with E-state index in [0.29, 0.717) is 80.7 Å². The molecule has 91 heavy (non-hydrogen) atoms. The van der Waals surface area contributed by atoms with Crippen LogP contribution in [0.25, 0.3) is 11.0 Å². The van der Waals surface area contributed by atoms with Crippen LogP contribution >= 0.6 is 0 Å². The monoisotopic (exact) mass is 1270 g/mol. The van der Waals surface area contributed by atoms with Crippen molar-refractivity contribution in [3.63, 3.8) is 0 Å². The normalized spacial score (nSPS) is 26.4. The summed E-state index contributed by atoms with van der Waals surface area (Å²) in [5.74, 6) is 2.12. The molecule has 486 valence electrons. The van der Waals surface area contributed by atoms with E-state index in [-0.39, 0.29) is 53.4 Å². The number of aromatic nitrogens is 3. The lowest BCUT2D eigenvalue weighted by atomic mass is 9.59. The fourth-order valence-electron chi connectivity index (χ4n) is 15.6. The van der Waals surface area contributed by atoms with E-state index in [0.717, 1.165) is 118 Å². The van der Waals surface area contributed by atoms with E-state index in [9.17, 15) is 33.5 Å². The minimum atomic E-state index is -4.66. The summed E-state index contributed by atoms with van der Waals surface area (Å²) in [7, 11) is -2.96. The largest absolute Gasteiger partial charge is 0.493 e. The SMILES string of the molecule is COc1cc(CN2CCN(C3CC4(CCN(c5ccc(C(=O)NS(=O)(=O)c6ccc(NC[C@H]7CC[C@](C)(O)CC7)c([N+](=O)[O-])c6)c(N6c7cc8cc[nH]c8nc7O[C@H]7COCC[C@@H]76)c5)CC4)C3)[C@@H](c3ccccc3OC(C)C)C2)cnc1N1CC[C@](C)(O)C[C@@H]1C. The van der Waals surface area contributed by atoms with Gasteiger partial charge in [-0.25, -0.2) is 18.1 Å². The molecule has 5 atom stereocenters. The van der Waals surface area contributed by atoms with E-state index >= 15 is 0 Å². The highest BCUT2D eigenvalue weighted by Crippen LogP contribution is 2.54. The molecule has 22 nitrogen and oxygen atoms in total. The molecule has 7 aliphatic rings. The van der Waals surface area contributed by atoms with Gasteiger partial charge in [0, 0.05) is 106 Å². The first-order chi connectivity index (χ1) is 43.6. The van der Waals surface area contributed by atoms with Gasteiger partial charge in [0.05, 0.1) is 64.2 Å². The van der Waals surface area contributed by atoms with Crippen molar-refractivity contribution in [3.8, 4) is 17.4 Å². The van der Waals surface area contributed by atoms with Crippen molar-refractivity contribution >= 4 is 61.2 Å². The van der Waals surface area contributed by atoms with Crippen molar-refractivity contribution in [3.05, 3.63) is 118 Å². The van der Waals surface area contributed by atoms with Gasteiger partial charge in [-0.05, 0) is 177 Å². The Labute approximate surface area is 532 Å². The summed E-state index contributed by atoms with van der Waals surface area (Å²) in [5, 5.41) is 37.7. The fourth-order valence-corrected chi connectivity index (χ4v) is 16.6. The van der Waals surface area contributed by atoms with Crippen molar-refractivity contribution < 1.29 is 47.3 Å². The minimum absolute atomic E-state index is 0.0117. The lowest BCUT2D eigenvalue weighted by Gasteiger charge is -2.58. The number of fused-ring (bicyclic) bond motifs is 3. The molecule has 5 aliphatic heterocycles. The Bertz CT molecular complexity index is 3780. The molecule has 0 unspecified atom stereocenters. The Balaban J connectivity index is 0.739. The van der Waals surface area contributed by atoms with Crippen LogP contribution in [-0.2, 0) is 21.3 Å². The molecule has 13 rings (SSSR count). The van der Waals surface area contributed by atoms with E-state index in [1.54, 1.807) is 19.4 Å². The van der Waals surface area contributed by atoms with E-state index in [1.807, 2.05) is 44.3 Å². The van der Waals surface area contributed by atoms with Crippen LogP contribution in [0.1, 0.15) is 133 Å². The van der Waals surface area contributed by atoms with Gasteiger partial charge in [0.15, 0.2) is 11.6 Å². The number of carbonyl (C=O) groups is 1. The number of nitro groups is 1. The predicted octanol–water partition coefficient (Wildman–Crippen LogP) is 9.87. The van der Waals surface area contributed by atoms with Crippen molar-refractivity contribution in [1.82, 2.24) is 29.5 Å². The van der Waals surface area contributed by atoms with Gasteiger partial charge in [-0.2, -0.15) is 4.98 Å². The number of nitrogens with one attached hydrogen (secondary N) is 3. The number of sulfonamides is 1. The molecule has 2 saturated carbocycles. The number of aromatic amines is 1. The Morgan fingerprint density at radius 2 is 1.69 bits per heavy atom. The topological polar surface area (TPSA) is 254 Å². The van der Waals surface area contributed by atoms with E-state index in [2.05, 4.69) is 90.6 Å². The molecular formula is C68H87N11O11S. The molecule has 3 aromatic heterocycles. The summed E-state index contributed by atoms with van der Waals surface area (Å²) >= 11 is 0. The molecule has 1 spiro atoms. The average molecular weight is 1270 g/mol. The Morgan fingerprint density at radius 3 is 2.45 bits per heavy atom. The van der Waals surface area contributed by atoms with Gasteiger partial charge >= 0.3 is 0 Å². The number of nitrogens with zero attached hydrogens (tertiary/aromatic N) is 8. The molecule has 0 radical (unpaired) electrons. The van der Waals surface area contributed by atoms with Crippen LogP contribution in [0.15, 0.2) is 96.2 Å². The smallest absolute Gasteiger partial charge is 0.293 e. The van der Waals surface area contributed by atoms with Crippen LogP contribution in [0.3, 0.4) is 0 Å². The van der Waals surface area contributed by atoms with Gasteiger partial charge in [0.1, 0.15) is 28.9 Å². The summed E-state index contributed by atoms with van der Waals surface area (Å²) in [6.07, 6.45) is 12.1. The highest BCUT2D eigenvalue weighted by molar-refractivity contribution is 7.90. The average Bonchev–Trinajstić information content (AvgIpc) is 1.37. The molecule has 3 aromatic carbocycles. The quantitative estimate of drug-likeness (QED) is 0.0421. The molecule has 23 heteroatoms. The number of piperidine rings is 2. The van der Waals surface area contributed by atoms with Crippen molar-refractivity contribution in [2.75, 3.05) is 86.2 Å². The lowest BCUT2D eigenvalue weighted by Crippen LogP contribution is -2.59. The number of hydrogen-bond acceptors (Lipinski definition) is 19. The number of amides is 1. The second kappa shape index (κ2) is 25.0. The van der Waals surface area contributed by atoms with E-state index in [4.69, 9.17) is 28.9 Å². The summed E-state index contributed by atoms with van der Waals surface area (Å²) in [5.41, 5.74) is 3.46. The predicted molar refractivity (Wildman–Crippen MR) is 348 cm³/mol. The molecule has 8 heterocycles. The van der Waals surface area contributed by atoms with Crippen LogP contribution in [0.2, 0.25) is 0 Å². The van der Waals surface area contributed by atoms with Crippen molar-refractivity contribution in [1.29, 1.82) is 0 Å². The second-order valence-corrected chi connectivity index (χ2v) is 29.4. The van der Waals surface area contributed by atoms with Gasteiger partial charge in [0.25, 0.3) is 21.6 Å². The Morgan fingerprint density at radius 1 is 0.901 bits per heavy atom. The number of anilines is 5. The number of nitro benzene ring substituents is 1. The summed E-state index contributed by atoms with van der Waals surface area (Å²) in [6.45, 7) is 16.7. The van der Waals surface area contributed by atoms with Crippen molar-refractivity contribution in [2.45, 2.75) is 164 Å². The van der Waals surface area contributed by atoms with Gasteiger partial charge in [0.2, 0.25) is 5.88 Å². The number of pyridine rings is 2. The summed E-state index contributed by atoms with van der Waals surface area (Å²) < 4.78 is 56.1. The molecule has 0 bridgehead atoms. The van der Waals surface area contributed by atoms with E-state index < -0.39 is 48.7 Å². The fraction of sp³-hybridized carbons (Fsp3) is 0.544. The van der Waals surface area contributed by atoms with Gasteiger partial charge in [-0.15, -0.1) is 0 Å². The standard InChI is InChI=1S/C68H87N11O11S/c1-43(2)89-59-10-8-7-9-51(59)58-41-74(40-46-31-60(87-6)63(71-39-46)76-27-21-67(5,82)35-44(76)3)28-29-77(58)49-36-68(37-49)22-25-75(26-23-68)48-11-13-52(55(33-48)78-54-18-30-88-42-61(54)90-65-57(78)32-47-17-24-69-62(47)72-65)64(80)73-91(85,86)50-12-14-53(56(34-50)79(83)84)70-38-45-15-19-66(4,81)20-16-45/h7-14,17,24,31-34,39,43-45,49,54,58,61,70,81-82H,15-16,18-23,25-30,35-38,40-42H2,1-6H3,(H,69,72)(H,73,80)/t44-,45-,54-,58+,61-,66-,67-/m0/s1. The molecule has 2 aliphatic carbocycles. The number of para-hydroxylation sites is 1. The van der Waals surface area contributed by atoms with Crippen LogP contribution in [-0.4, -0.2) is 162 Å². The minimum Gasteiger partial charge on any atom is -0.493 e. The molecule has 1 amide bonds. The Hall–Kier alpha value is -7.28. The summed E-state index contributed by atoms with van der Waals surface area (Å²) in [4.78, 5) is 51.4. The molecule has 5 N–H and O–H groups in total. The maximum Gasteiger partial charge on any atom is 0.293 e. The molecular weight excluding hydrogens is 1180 g/mol. The third kappa shape index (κ3) is 13.0. The first-order valence-electron chi connectivity index (χ1n) is 32.6.